The molecule has 1 aromatic carbocycles. The number of H-pyrrole nitrogens is 1. The van der Waals surface area contributed by atoms with Crippen molar-refractivity contribution in [2.75, 3.05) is 18.0 Å². The number of piperazine rings is 1. The summed E-state index contributed by atoms with van der Waals surface area (Å²) in [4.78, 5) is 24.2. The van der Waals surface area contributed by atoms with E-state index in [1.807, 2.05) is 29.7 Å². The van der Waals surface area contributed by atoms with Gasteiger partial charge in [0, 0.05) is 44.3 Å². The van der Waals surface area contributed by atoms with Gasteiger partial charge in [-0.05, 0) is 38.5 Å². The second kappa shape index (κ2) is 9.00. The van der Waals surface area contributed by atoms with Gasteiger partial charge in [0.25, 0.3) is 5.56 Å². The smallest absolute Gasteiger partial charge is 0.364 e. The molecule has 186 valence electrons. The van der Waals surface area contributed by atoms with E-state index in [2.05, 4.69) is 9.97 Å². The predicted octanol–water partition coefficient (Wildman–Crippen LogP) is 4.15. The Morgan fingerprint density at radius 1 is 1.23 bits per heavy atom. The van der Waals surface area contributed by atoms with Gasteiger partial charge in [-0.3, -0.25) is 14.3 Å². The minimum atomic E-state index is -4.67. The van der Waals surface area contributed by atoms with E-state index in [-0.39, 0.29) is 29.6 Å². The standard InChI is InChI=1S/C24H26F4N6O/c1-13-12-34(19-10-21(35)32(4)23-22(19)30-20(31-23)7-8-29)14(2)11-33(13)15(3)17-6-5-16(25)9-18(17)24(26,27)28/h5-6,9-10,13-15H,7,11-12H2,1-4H3,(H,30,31)/t13-,14+,15?/m1/s1. The zero-order chi connectivity index (χ0) is 25.7. The summed E-state index contributed by atoms with van der Waals surface area (Å²) in [7, 11) is 1.62. The van der Waals surface area contributed by atoms with Crippen LogP contribution >= 0.6 is 0 Å². The normalized spacial score (nSPS) is 20.3. The highest BCUT2D eigenvalue weighted by Gasteiger charge is 2.39. The lowest BCUT2D eigenvalue weighted by Gasteiger charge is -2.48. The van der Waals surface area contributed by atoms with Gasteiger partial charge in [-0.2, -0.15) is 18.4 Å². The van der Waals surface area contributed by atoms with Gasteiger partial charge < -0.3 is 9.88 Å². The maximum Gasteiger partial charge on any atom is 0.416 e. The first-order valence-electron chi connectivity index (χ1n) is 11.3. The largest absolute Gasteiger partial charge is 0.416 e. The lowest BCUT2D eigenvalue weighted by atomic mass is 9.96. The van der Waals surface area contributed by atoms with E-state index >= 15 is 0 Å². The second-order valence-electron chi connectivity index (χ2n) is 9.09. The summed E-state index contributed by atoms with van der Waals surface area (Å²) in [5.41, 5.74) is 0.507. The molecule has 2 aromatic heterocycles. The number of pyridine rings is 1. The Bertz CT molecular complexity index is 1360. The summed E-state index contributed by atoms with van der Waals surface area (Å²) < 4.78 is 56.0. The summed E-state index contributed by atoms with van der Waals surface area (Å²) in [6, 6.07) is 5.41. The molecule has 4 rings (SSSR count). The van der Waals surface area contributed by atoms with E-state index in [0.29, 0.717) is 41.8 Å². The van der Waals surface area contributed by atoms with Crippen molar-refractivity contribution >= 4 is 16.9 Å². The van der Waals surface area contributed by atoms with Crippen molar-refractivity contribution in [3.05, 3.63) is 57.4 Å². The van der Waals surface area contributed by atoms with Gasteiger partial charge in [-0.1, -0.05) is 6.07 Å². The number of nitriles is 1. The first kappa shape index (κ1) is 24.7. The van der Waals surface area contributed by atoms with Gasteiger partial charge in [-0.25, -0.2) is 9.37 Å². The molecule has 0 spiro atoms. The van der Waals surface area contributed by atoms with Crippen molar-refractivity contribution in [3.63, 3.8) is 0 Å². The molecule has 0 radical (unpaired) electrons. The molecule has 1 fully saturated rings. The second-order valence-corrected chi connectivity index (χ2v) is 9.09. The zero-order valence-electron chi connectivity index (χ0n) is 19.8. The number of imidazole rings is 1. The van der Waals surface area contributed by atoms with Crippen LogP contribution in [0.2, 0.25) is 0 Å². The summed E-state index contributed by atoms with van der Waals surface area (Å²) in [5, 5.41) is 9.04. The maximum absolute atomic E-state index is 13.6. The molecule has 1 aliphatic rings. The number of hydrogen-bond acceptors (Lipinski definition) is 5. The lowest BCUT2D eigenvalue weighted by Crippen LogP contribution is -2.57. The highest BCUT2D eigenvalue weighted by molar-refractivity contribution is 5.86. The van der Waals surface area contributed by atoms with Crippen LogP contribution in [0.15, 0.2) is 29.1 Å². The molecule has 0 bridgehead atoms. The monoisotopic (exact) mass is 490 g/mol. The quantitative estimate of drug-likeness (QED) is 0.556. The number of anilines is 1. The van der Waals surface area contributed by atoms with Gasteiger partial charge in [0.2, 0.25) is 0 Å². The van der Waals surface area contributed by atoms with Crippen LogP contribution in [0.25, 0.3) is 11.2 Å². The van der Waals surface area contributed by atoms with Crippen LogP contribution in [0, 0.1) is 17.1 Å². The number of aryl methyl sites for hydroxylation is 1. The first-order chi connectivity index (χ1) is 16.4. The van der Waals surface area contributed by atoms with Crippen molar-refractivity contribution in [1.29, 1.82) is 5.26 Å². The summed E-state index contributed by atoms with van der Waals surface area (Å²) in [6.45, 7) is 6.41. The molecular weight excluding hydrogens is 464 g/mol. The number of benzene rings is 1. The van der Waals surface area contributed by atoms with E-state index in [4.69, 9.17) is 5.26 Å². The lowest BCUT2D eigenvalue weighted by molar-refractivity contribution is -0.139. The van der Waals surface area contributed by atoms with E-state index in [1.54, 1.807) is 14.0 Å². The summed E-state index contributed by atoms with van der Waals surface area (Å²) >= 11 is 0. The van der Waals surface area contributed by atoms with Crippen molar-refractivity contribution in [3.8, 4) is 6.07 Å². The number of aromatic amines is 1. The number of aromatic nitrogens is 3. The molecule has 0 amide bonds. The van der Waals surface area contributed by atoms with Crippen LogP contribution < -0.4 is 10.5 Å². The predicted molar refractivity (Wildman–Crippen MR) is 123 cm³/mol. The van der Waals surface area contributed by atoms with E-state index < -0.39 is 23.6 Å². The molecule has 11 heteroatoms. The van der Waals surface area contributed by atoms with Crippen molar-refractivity contribution in [2.45, 2.75) is 51.5 Å². The molecule has 35 heavy (non-hydrogen) atoms. The third-order valence-corrected chi connectivity index (χ3v) is 6.76. The Morgan fingerprint density at radius 2 is 1.94 bits per heavy atom. The minimum absolute atomic E-state index is 0.0239. The highest BCUT2D eigenvalue weighted by Crippen LogP contribution is 2.39. The Balaban J connectivity index is 1.68. The van der Waals surface area contributed by atoms with Crippen LogP contribution in [0.4, 0.5) is 23.2 Å². The average Bonchev–Trinajstić information content (AvgIpc) is 3.21. The number of nitrogens with zero attached hydrogens (tertiary/aromatic N) is 5. The third kappa shape index (κ3) is 4.50. The van der Waals surface area contributed by atoms with Gasteiger partial charge in [0.05, 0.1) is 23.7 Å². The Morgan fingerprint density at radius 3 is 2.60 bits per heavy atom. The summed E-state index contributed by atoms with van der Waals surface area (Å²) in [5.74, 6) is -0.474. The maximum atomic E-state index is 13.6. The van der Waals surface area contributed by atoms with Gasteiger partial charge in [0.1, 0.15) is 22.8 Å². The zero-order valence-corrected chi connectivity index (χ0v) is 19.8. The number of fused-ring (bicyclic) bond motifs is 1. The molecule has 3 atom stereocenters. The molecule has 1 N–H and O–H groups in total. The van der Waals surface area contributed by atoms with Crippen LogP contribution in [0.1, 0.15) is 43.8 Å². The van der Waals surface area contributed by atoms with Crippen LogP contribution in [-0.4, -0.2) is 44.6 Å². The number of nitrogens with one attached hydrogen (secondary N) is 1. The molecule has 1 unspecified atom stereocenters. The highest BCUT2D eigenvalue weighted by atomic mass is 19.4. The average molecular weight is 491 g/mol. The number of halogens is 4. The number of rotatable bonds is 4. The fraction of sp³-hybridized carbons (Fsp3) is 0.458. The minimum Gasteiger partial charge on any atom is -0.364 e. The topological polar surface area (TPSA) is 81.0 Å². The van der Waals surface area contributed by atoms with Crippen molar-refractivity contribution in [2.24, 2.45) is 7.05 Å². The van der Waals surface area contributed by atoms with Crippen molar-refractivity contribution < 1.29 is 17.6 Å². The molecular formula is C24H26F4N6O. The molecule has 0 aliphatic carbocycles. The van der Waals surface area contributed by atoms with Gasteiger partial charge >= 0.3 is 6.18 Å². The van der Waals surface area contributed by atoms with Gasteiger partial charge in [-0.15, -0.1) is 0 Å². The van der Waals surface area contributed by atoms with Crippen molar-refractivity contribution in [1.82, 2.24) is 19.4 Å². The molecule has 3 aromatic rings. The van der Waals surface area contributed by atoms with E-state index in [1.165, 1.54) is 16.7 Å². The third-order valence-electron chi connectivity index (χ3n) is 6.76. The first-order valence-corrected chi connectivity index (χ1v) is 11.3. The van der Waals surface area contributed by atoms with E-state index in [0.717, 1.165) is 6.07 Å². The summed E-state index contributed by atoms with van der Waals surface area (Å²) in [6.07, 6.45) is -4.60. The molecule has 3 heterocycles. The number of hydrogen-bond donors (Lipinski definition) is 1. The van der Waals surface area contributed by atoms with Crippen LogP contribution in [-0.2, 0) is 19.6 Å². The molecule has 1 saturated heterocycles. The van der Waals surface area contributed by atoms with Gasteiger partial charge in [0.15, 0.2) is 0 Å². The fourth-order valence-electron chi connectivity index (χ4n) is 4.95. The molecule has 1 aliphatic heterocycles. The van der Waals surface area contributed by atoms with Crippen LogP contribution in [0.3, 0.4) is 0 Å². The Hall–Kier alpha value is -3.39. The molecule has 0 saturated carbocycles. The Labute approximate surface area is 199 Å². The van der Waals surface area contributed by atoms with E-state index in [9.17, 15) is 22.4 Å². The number of alkyl halides is 3. The molecule has 7 nitrogen and oxygen atoms in total. The Kier molecular flexibility index (Phi) is 6.36. The SMILES string of the molecule is CC(c1ccc(F)cc1C(F)(F)F)N1C[C@H](C)N(c2cc(=O)n(C)c3[nH]c(CC#N)nc23)C[C@H]1C. The van der Waals surface area contributed by atoms with Crippen LogP contribution in [0.5, 0.6) is 0 Å². The fourth-order valence-corrected chi connectivity index (χ4v) is 4.95.